The number of nitrogens with zero attached hydrogens (tertiary/aromatic N) is 1. The van der Waals surface area contributed by atoms with Gasteiger partial charge in [-0.2, -0.15) is 44.8 Å². The zero-order chi connectivity index (χ0) is 16.6. The molecule has 21 heavy (non-hydrogen) atoms. The smallest absolute Gasteiger partial charge is 0.198 e. The van der Waals surface area contributed by atoms with E-state index < -0.39 is 53.3 Å². The van der Waals surface area contributed by atoms with Gasteiger partial charge in [-0.05, 0) is 17.7 Å². The topological polar surface area (TPSA) is 23.8 Å². The second-order valence-electron chi connectivity index (χ2n) is 3.88. The number of benzene rings is 1. The van der Waals surface area contributed by atoms with Crippen molar-refractivity contribution >= 4 is 0 Å². The fraction of sp³-hybridized carbons (Fsp3) is 0.364. The molecule has 0 fully saturated rings. The monoisotopic (exact) mass is 321 g/mol. The van der Waals surface area contributed by atoms with Gasteiger partial charge in [0.1, 0.15) is 0 Å². The Hall–Kier alpha value is -1.92. The molecule has 0 saturated heterocycles. The summed E-state index contributed by atoms with van der Waals surface area (Å²) in [7, 11) is 0. The van der Waals surface area contributed by atoms with Gasteiger partial charge in [0.05, 0.1) is 29.2 Å². The molecule has 1 rings (SSSR count). The molecule has 0 aromatic heterocycles. The van der Waals surface area contributed by atoms with Crippen molar-refractivity contribution in [2.45, 2.75) is 24.9 Å². The predicted octanol–water partition coefficient (Wildman–Crippen LogP) is 4.81. The molecule has 0 spiro atoms. The van der Waals surface area contributed by atoms with Crippen LogP contribution < -0.4 is 0 Å². The van der Waals surface area contributed by atoms with Crippen LogP contribution in [0.4, 0.5) is 39.5 Å². The summed E-state index contributed by atoms with van der Waals surface area (Å²) < 4.78 is 113. The van der Waals surface area contributed by atoms with Gasteiger partial charge in [0.25, 0.3) is 0 Å². The van der Waals surface area contributed by atoms with Crippen LogP contribution in [0, 0.1) is 11.3 Å². The van der Waals surface area contributed by atoms with E-state index in [1.165, 1.54) is 6.07 Å². The summed E-state index contributed by atoms with van der Waals surface area (Å²) in [6, 6.07) is 0.286. The van der Waals surface area contributed by atoms with Crippen molar-refractivity contribution < 1.29 is 39.5 Å². The summed E-state index contributed by atoms with van der Waals surface area (Å²) in [4.78, 5) is 0. The fourth-order valence-corrected chi connectivity index (χ4v) is 1.61. The third-order valence-electron chi connectivity index (χ3n) is 2.43. The Morgan fingerprint density at radius 2 is 1.10 bits per heavy atom. The molecule has 0 bridgehead atoms. The Labute approximate surface area is 111 Å². The lowest BCUT2D eigenvalue weighted by atomic mass is 9.95. The number of nitriles is 1. The van der Waals surface area contributed by atoms with E-state index in [4.69, 9.17) is 5.26 Å². The number of halogens is 9. The van der Waals surface area contributed by atoms with E-state index in [1.54, 1.807) is 0 Å². The molecule has 0 saturated carbocycles. The molecule has 1 aromatic carbocycles. The Morgan fingerprint density at radius 1 is 0.714 bits per heavy atom. The minimum Gasteiger partial charge on any atom is -0.198 e. The van der Waals surface area contributed by atoms with Gasteiger partial charge in [-0.1, -0.05) is 0 Å². The Bertz CT molecular complexity index is 572. The largest absolute Gasteiger partial charge is 0.417 e. The minimum absolute atomic E-state index is 0.283. The molecular weight excluding hydrogens is 317 g/mol. The maximum atomic E-state index is 12.6. The van der Waals surface area contributed by atoms with Crippen molar-refractivity contribution in [2.24, 2.45) is 0 Å². The van der Waals surface area contributed by atoms with Crippen LogP contribution in [0.25, 0.3) is 0 Å². The predicted molar refractivity (Wildman–Crippen MR) is 50.8 cm³/mol. The van der Waals surface area contributed by atoms with Crippen molar-refractivity contribution in [3.63, 3.8) is 0 Å². The maximum Gasteiger partial charge on any atom is 0.417 e. The summed E-state index contributed by atoms with van der Waals surface area (Å²) in [5, 5.41) is 8.31. The second-order valence-corrected chi connectivity index (χ2v) is 3.88. The molecular formula is C11H4F9N. The third-order valence-corrected chi connectivity index (χ3v) is 2.43. The lowest BCUT2D eigenvalue weighted by Crippen LogP contribution is -2.20. The number of hydrogen-bond donors (Lipinski definition) is 0. The SMILES string of the molecule is N#CCc1cc(C(F)(F)F)c(C(F)(F)F)cc1C(F)(F)F. The van der Waals surface area contributed by atoms with E-state index in [0.717, 1.165) is 0 Å². The molecule has 0 radical (unpaired) electrons. The third kappa shape index (κ3) is 3.80. The zero-order valence-corrected chi connectivity index (χ0v) is 9.71. The van der Waals surface area contributed by atoms with Crippen LogP contribution in [-0.2, 0) is 24.9 Å². The second kappa shape index (κ2) is 5.13. The first kappa shape index (κ1) is 17.1. The van der Waals surface area contributed by atoms with Crippen molar-refractivity contribution in [3.05, 3.63) is 34.4 Å². The van der Waals surface area contributed by atoms with Crippen LogP contribution in [-0.4, -0.2) is 0 Å². The van der Waals surface area contributed by atoms with E-state index in [-0.39, 0.29) is 6.07 Å². The van der Waals surface area contributed by atoms with E-state index in [9.17, 15) is 39.5 Å². The molecule has 0 N–H and O–H groups in total. The highest BCUT2D eigenvalue weighted by atomic mass is 19.4. The first-order valence-corrected chi connectivity index (χ1v) is 5.04. The molecule has 0 unspecified atom stereocenters. The van der Waals surface area contributed by atoms with E-state index in [2.05, 4.69) is 0 Å². The molecule has 10 heteroatoms. The molecule has 116 valence electrons. The highest BCUT2D eigenvalue weighted by Gasteiger charge is 2.46. The van der Waals surface area contributed by atoms with Gasteiger partial charge >= 0.3 is 18.5 Å². The van der Waals surface area contributed by atoms with Gasteiger partial charge in [-0.3, -0.25) is 0 Å². The summed E-state index contributed by atoms with van der Waals surface area (Å²) >= 11 is 0. The first-order chi connectivity index (χ1) is 9.28. The highest BCUT2D eigenvalue weighted by Crippen LogP contribution is 2.44. The summed E-state index contributed by atoms with van der Waals surface area (Å²) in [5.74, 6) is 0. The van der Waals surface area contributed by atoms with Crippen molar-refractivity contribution in [1.29, 1.82) is 5.26 Å². The maximum absolute atomic E-state index is 12.6. The first-order valence-electron chi connectivity index (χ1n) is 5.04. The Balaban J connectivity index is 3.76. The standard InChI is InChI=1S/C11H4F9N/c12-9(13,14)6-4-8(11(18,19)20)7(10(15,16)17)3-5(6)1-2-21/h3-4H,1H2. The summed E-state index contributed by atoms with van der Waals surface area (Å²) in [6.45, 7) is 0. The number of alkyl halides is 9. The molecule has 0 heterocycles. The number of rotatable bonds is 1. The Morgan fingerprint density at radius 3 is 1.43 bits per heavy atom. The van der Waals surface area contributed by atoms with Crippen LogP contribution in [0.5, 0.6) is 0 Å². The van der Waals surface area contributed by atoms with Crippen LogP contribution in [0.1, 0.15) is 22.3 Å². The average molecular weight is 321 g/mol. The lowest BCUT2D eigenvalue weighted by molar-refractivity contribution is -0.163. The normalized spacial score (nSPS) is 13.1. The van der Waals surface area contributed by atoms with Crippen molar-refractivity contribution in [2.75, 3.05) is 0 Å². The van der Waals surface area contributed by atoms with E-state index in [1.807, 2.05) is 0 Å². The van der Waals surface area contributed by atoms with Crippen LogP contribution in [0.15, 0.2) is 12.1 Å². The Kier molecular flexibility index (Phi) is 4.18. The van der Waals surface area contributed by atoms with Crippen LogP contribution in [0.3, 0.4) is 0 Å². The highest BCUT2D eigenvalue weighted by molar-refractivity contribution is 5.44. The van der Waals surface area contributed by atoms with Gasteiger partial charge in [-0.25, -0.2) is 0 Å². The van der Waals surface area contributed by atoms with E-state index in [0.29, 0.717) is 0 Å². The van der Waals surface area contributed by atoms with Gasteiger partial charge < -0.3 is 0 Å². The van der Waals surface area contributed by atoms with Gasteiger partial charge in [0.15, 0.2) is 0 Å². The summed E-state index contributed by atoms with van der Waals surface area (Å²) in [5.41, 5.74) is -7.77. The van der Waals surface area contributed by atoms with E-state index >= 15 is 0 Å². The van der Waals surface area contributed by atoms with Crippen LogP contribution >= 0.6 is 0 Å². The lowest BCUT2D eigenvalue weighted by Gasteiger charge is -2.20. The molecule has 1 nitrogen and oxygen atoms in total. The summed E-state index contributed by atoms with van der Waals surface area (Å²) in [6.07, 6.45) is -17.5. The van der Waals surface area contributed by atoms with Gasteiger partial charge in [0, 0.05) is 0 Å². The molecule has 0 aliphatic rings. The van der Waals surface area contributed by atoms with Crippen LogP contribution in [0.2, 0.25) is 0 Å². The zero-order valence-electron chi connectivity index (χ0n) is 9.71. The molecule has 1 aromatic rings. The van der Waals surface area contributed by atoms with Gasteiger partial charge in [-0.15, -0.1) is 0 Å². The fourth-order valence-electron chi connectivity index (χ4n) is 1.61. The molecule has 0 amide bonds. The molecule has 0 aliphatic carbocycles. The minimum atomic E-state index is -5.62. The quantitative estimate of drug-likeness (QED) is 0.681. The molecule has 0 atom stereocenters. The van der Waals surface area contributed by atoms with Crippen molar-refractivity contribution in [3.8, 4) is 6.07 Å². The average Bonchev–Trinajstić information content (AvgIpc) is 2.24. The van der Waals surface area contributed by atoms with Gasteiger partial charge in [0.2, 0.25) is 0 Å². The van der Waals surface area contributed by atoms with Crippen molar-refractivity contribution in [1.82, 2.24) is 0 Å². The molecule has 0 aliphatic heterocycles. The number of hydrogen-bond acceptors (Lipinski definition) is 1.